The molecule has 3 rings (SSSR count). The van der Waals surface area contributed by atoms with Gasteiger partial charge in [0.15, 0.2) is 0 Å². The van der Waals surface area contributed by atoms with Crippen molar-refractivity contribution in [2.45, 2.75) is 39.7 Å². The van der Waals surface area contributed by atoms with Crippen molar-refractivity contribution in [2.24, 2.45) is 0 Å². The number of benzene rings is 1. The first kappa shape index (κ1) is 16.3. The standard InChI is InChI=1S/C19H23N3O2/c1-5-8-22-16-7-6-13(10-15-17(23)21-18(24)20-15)9-14(16)12(2)11-19(22,3)4/h6-7,9-11H,5,8H2,1-4H3,(H2,20,21,23,24)/b15-10-. The molecule has 0 aromatic heterocycles. The van der Waals surface area contributed by atoms with E-state index in [0.29, 0.717) is 0 Å². The number of hydrogen-bond acceptors (Lipinski definition) is 3. The van der Waals surface area contributed by atoms with Crippen LogP contribution < -0.4 is 15.5 Å². The molecule has 126 valence electrons. The van der Waals surface area contributed by atoms with E-state index in [1.54, 1.807) is 6.08 Å². The molecule has 0 unspecified atom stereocenters. The van der Waals surface area contributed by atoms with Crippen LogP contribution >= 0.6 is 0 Å². The van der Waals surface area contributed by atoms with Crippen molar-refractivity contribution >= 4 is 29.3 Å². The second-order valence-electron chi connectivity index (χ2n) is 6.88. The third kappa shape index (κ3) is 2.82. The summed E-state index contributed by atoms with van der Waals surface area (Å²) in [6.07, 6.45) is 5.07. The Morgan fingerprint density at radius 3 is 2.58 bits per heavy atom. The second kappa shape index (κ2) is 5.82. The van der Waals surface area contributed by atoms with Gasteiger partial charge in [0.2, 0.25) is 0 Å². The molecule has 2 N–H and O–H groups in total. The molecule has 0 radical (unpaired) electrons. The number of carbonyl (C=O) groups excluding carboxylic acids is 2. The van der Waals surface area contributed by atoms with E-state index < -0.39 is 11.9 Å². The number of imide groups is 1. The van der Waals surface area contributed by atoms with E-state index in [1.165, 1.54) is 16.8 Å². The minimum absolute atomic E-state index is 0.0214. The molecular formula is C19H23N3O2. The van der Waals surface area contributed by atoms with Crippen LogP contribution in [0.25, 0.3) is 11.6 Å². The van der Waals surface area contributed by atoms with Gasteiger partial charge >= 0.3 is 6.03 Å². The highest BCUT2D eigenvalue weighted by molar-refractivity contribution is 6.14. The highest BCUT2D eigenvalue weighted by Gasteiger charge is 2.30. The fourth-order valence-corrected chi connectivity index (χ4v) is 3.47. The predicted molar refractivity (Wildman–Crippen MR) is 96.5 cm³/mol. The summed E-state index contributed by atoms with van der Waals surface area (Å²) < 4.78 is 0. The van der Waals surface area contributed by atoms with E-state index in [-0.39, 0.29) is 11.2 Å². The lowest BCUT2D eigenvalue weighted by Gasteiger charge is -2.43. The van der Waals surface area contributed by atoms with Gasteiger partial charge in [-0.15, -0.1) is 0 Å². The number of allylic oxidation sites excluding steroid dienone is 1. The fourth-order valence-electron chi connectivity index (χ4n) is 3.47. The van der Waals surface area contributed by atoms with Crippen LogP contribution in [-0.2, 0) is 4.79 Å². The number of amides is 3. The van der Waals surface area contributed by atoms with Crippen LogP contribution in [0.5, 0.6) is 0 Å². The molecule has 2 heterocycles. The highest BCUT2D eigenvalue weighted by Crippen LogP contribution is 2.39. The third-order valence-electron chi connectivity index (χ3n) is 4.48. The van der Waals surface area contributed by atoms with Crippen molar-refractivity contribution < 1.29 is 9.59 Å². The Morgan fingerprint density at radius 2 is 1.96 bits per heavy atom. The number of urea groups is 1. The monoisotopic (exact) mass is 325 g/mol. The Balaban J connectivity index is 2.02. The molecule has 0 aliphatic carbocycles. The van der Waals surface area contributed by atoms with Crippen molar-refractivity contribution in [2.75, 3.05) is 11.4 Å². The Hall–Kier alpha value is -2.56. The fraction of sp³-hybridized carbons (Fsp3) is 0.368. The van der Waals surface area contributed by atoms with Crippen LogP contribution in [0.3, 0.4) is 0 Å². The first-order valence-electron chi connectivity index (χ1n) is 8.27. The number of nitrogens with zero attached hydrogens (tertiary/aromatic N) is 1. The van der Waals surface area contributed by atoms with Gasteiger partial charge in [-0.3, -0.25) is 10.1 Å². The molecule has 2 aliphatic rings. The summed E-state index contributed by atoms with van der Waals surface area (Å²) in [5.74, 6) is -0.390. The zero-order chi connectivity index (χ0) is 17.5. The maximum Gasteiger partial charge on any atom is 0.326 e. The lowest BCUT2D eigenvalue weighted by Crippen LogP contribution is -2.45. The number of anilines is 1. The zero-order valence-electron chi connectivity index (χ0n) is 14.6. The van der Waals surface area contributed by atoms with E-state index in [2.05, 4.69) is 61.4 Å². The van der Waals surface area contributed by atoms with Gasteiger partial charge in [-0.1, -0.05) is 19.1 Å². The van der Waals surface area contributed by atoms with Gasteiger partial charge in [0.1, 0.15) is 5.70 Å². The molecule has 0 spiro atoms. The van der Waals surface area contributed by atoms with E-state index in [4.69, 9.17) is 0 Å². The van der Waals surface area contributed by atoms with Gasteiger partial charge in [0, 0.05) is 17.8 Å². The van der Waals surface area contributed by atoms with Crippen molar-refractivity contribution in [3.8, 4) is 0 Å². The molecule has 24 heavy (non-hydrogen) atoms. The molecule has 3 amide bonds. The summed E-state index contributed by atoms with van der Waals surface area (Å²) in [5.41, 5.74) is 4.76. The minimum atomic E-state index is -0.476. The highest BCUT2D eigenvalue weighted by atomic mass is 16.2. The topological polar surface area (TPSA) is 61.4 Å². The Morgan fingerprint density at radius 1 is 1.21 bits per heavy atom. The number of carbonyl (C=O) groups is 2. The molecule has 0 saturated carbocycles. The van der Waals surface area contributed by atoms with Gasteiger partial charge < -0.3 is 10.2 Å². The van der Waals surface area contributed by atoms with Crippen molar-refractivity contribution in [3.63, 3.8) is 0 Å². The summed E-state index contributed by atoms with van der Waals surface area (Å²) in [6, 6.07) is 5.69. The molecule has 5 heteroatoms. The van der Waals surface area contributed by atoms with Crippen LogP contribution in [0.4, 0.5) is 10.5 Å². The molecule has 1 aromatic rings. The summed E-state index contributed by atoms with van der Waals surface area (Å²) >= 11 is 0. The number of fused-ring (bicyclic) bond motifs is 1. The maximum absolute atomic E-state index is 11.7. The van der Waals surface area contributed by atoms with E-state index >= 15 is 0 Å². The van der Waals surface area contributed by atoms with Gasteiger partial charge in [-0.05, 0) is 56.5 Å². The van der Waals surface area contributed by atoms with Crippen LogP contribution in [0, 0.1) is 0 Å². The Kier molecular flexibility index (Phi) is 3.95. The average molecular weight is 325 g/mol. The van der Waals surface area contributed by atoms with E-state index in [0.717, 1.165) is 18.5 Å². The quantitative estimate of drug-likeness (QED) is 0.662. The molecule has 1 fully saturated rings. The third-order valence-corrected chi connectivity index (χ3v) is 4.48. The second-order valence-corrected chi connectivity index (χ2v) is 6.88. The Bertz CT molecular complexity index is 775. The largest absolute Gasteiger partial charge is 0.362 e. The van der Waals surface area contributed by atoms with Crippen LogP contribution in [0.2, 0.25) is 0 Å². The minimum Gasteiger partial charge on any atom is -0.362 e. The zero-order valence-corrected chi connectivity index (χ0v) is 14.6. The predicted octanol–water partition coefficient (Wildman–Crippen LogP) is 3.28. The number of rotatable bonds is 3. The Labute approximate surface area is 142 Å². The maximum atomic E-state index is 11.7. The molecule has 0 atom stereocenters. The SMILES string of the molecule is CCCN1c2ccc(/C=C3\NC(=O)NC3=O)cc2C(C)=CC1(C)C. The van der Waals surface area contributed by atoms with Crippen molar-refractivity contribution in [1.82, 2.24) is 10.6 Å². The van der Waals surface area contributed by atoms with Crippen molar-refractivity contribution in [3.05, 3.63) is 41.1 Å². The lowest BCUT2D eigenvalue weighted by atomic mass is 9.87. The molecular weight excluding hydrogens is 302 g/mol. The number of hydrogen-bond donors (Lipinski definition) is 2. The molecule has 5 nitrogen and oxygen atoms in total. The molecule has 0 bridgehead atoms. The van der Waals surface area contributed by atoms with Crippen LogP contribution in [0.15, 0.2) is 30.0 Å². The average Bonchev–Trinajstić information content (AvgIpc) is 2.81. The van der Waals surface area contributed by atoms with Crippen LogP contribution in [-0.4, -0.2) is 24.0 Å². The molecule has 2 aliphatic heterocycles. The van der Waals surface area contributed by atoms with E-state index in [9.17, 15) is 9.59 Å². The van der Waals surface area contributed by atoms with E-state index in [1.807, 2.05) is 6.07 Å². The lowest BCUT2D eigenvalue weighted by molar-refractivity contribution is -0.115. The normalized spacial score (nSPS) is 20.6. The summed E-state index contributed by atoms with van der Waals surface area (Å²) in [6.45, 7) is 9.74. The smallest absolute Gasteiger partial charge is 0.326 e. The van der Waals surface area contributed by atoms with Gasteiger partial charge in [-0.25, -0.2) is 4.79 Å². The first-order chi connectivity index (χ1) is 11.3. The summed E-state index contributed by atoms with van der Waals surface area (Å²) in [5, 5.41) is 4.74. The molecule has 1 saturated heterocycles. The van der Waals surface area contributed by atoms with Crippen LogP contribution in [0.1, 0.15) is 45.2 Å². The van der Waals surface area contributed by atoms with Gasteiger partial charge in [0.25, 0.3) is 5.91 Å². The first-order valence-corrected chi connectivity index (χ1v) is 8.27. The number of nitrogens with one attached hydrogen (secondary N) is 2. The van der Waals surface area contributed by atoms with Gasteiger partial charge in [-0.2, -0.15) is 0 Å². The molecule has 1 aromatic carbocycles. The summed E-state index contributed by atoms with van der Waals surface area (Å²) in [4.78, 5) is 25.3. The van der Waals surface area contributed by atoms with Gasteiger partial charge in [0.05, 0.1) is 5.54 Å². The summed E-state index contributed by atoms with van der Waals surface area (Å²) in [7, 11) is 0. The van der Waals surface area contributed by atoms with Crippen molar-refractivity contribution in [1.29, 1.82) is 0 Å².